The van der Waals surface area contributed by atoms with Gasteiger partial charge >= 0.3 is 0 Å². The molecule has 0 unspecified atom stereocenters. The van der Waals surface area contributed by atoms with Gasteiger partial charge in [-0.05, 0) is 25.0 Å². The van der Waals surface area contributed by atoms with E-state index in [0.29, 0.717) is 6.42 Å². The molecule has 118 valence electrons. The van der Waals surface area contributed by atoms with Crippen molar-refractivity contribution < 1.29 is 4.79 Å². The normalized spacial score (nSPS) is 14.5. The number of hydrogen-bond donors (Lipinski definition) is 2. The first kappa shape index (κ1) is 16.7. The van der Waals surface area contributed by atoms with Crippen molar-refractivity contribution in [2.24, 2.45) is 5.73 Å². The third-order valence-corrected chi connectivity index (χ3v) is 3.81. The molecule has 0 aliphatic rings. The molecule has 0 aromatic heterocycles. The van der Waals surface area contributed by atoms with Crippen molar-refractivity contribution in [1.29, 1.82) is 5.26 Å². The molecule has 0 heterocycles. The summed E-state index contributed by atoms with van der Waals surface area (Å²) in [7, 11) is 0. The molecule has 4 nitrogen and oxygen atoms in total. The van der Waals surface area contributed by atoms with Gasteiger partial charge < -0.3 is 5.73 Å². The Hall–Kier alpha value is -2.64. The number of benzene rings is 2. The van der Waals surface area contributed by atoms with Crippen molar-refractivity contribution >= 4 is 5.91 Å². The van der Waals surface area contributed by atoms with Crippen LogP contribution in [0.1, 0.15) is 29.7 Å². The number of nitrogens with two attached hydrogens (primary N) is 1. The Balaban J connectivity index is 2.23. The van der Waals surface area contributed by atoms with Gasteiger partial charge in [0.2, 0.25) is 5.91 Å². The molecule has 0 radical (unpaired) electrons. The lowest BCUT2D eigenvalue weighted by atomic mass is 9.91. The van der Waals surface area contributed by atoms with Gasteiger partial charge in [0.15, 0.2) is 0 Å². The fourth-order valence-electron chi connectivity index (χ4n) is 2.52. The monoisotopic (exact) mass is 307 g/mol. The van der Waals surface area contributed by atoms with E-state index >= 15 is 0 Å². The second-order valence-corrected chi connectivity index (χ2v) is 6.00. The molecule has 0 fully saturated rings. The summed E-state index contributed by atoms with van der Waals surface area (Å²) in [6.45, 7) is 3.80. The van der Waals surface area contributed by atoms with Crippen molar-refractivity contribution in [2.75, 3.05) is 0 Å². The molecule has 23 heavy (non-hydrogen) atoms. The number of hydrogen-bond acceptors (Lipinski definition) is 3. The summed E-state index contributed by atoms with van der Waals surface area (Å²) >= 11 is 0. The molecule has 0 spiro atoms. The van der Waals surface area contributed by atoms with E-state index in [1.165, 1.54) is 5.56 Å². The molecule has 0 bridgehead atoms. The highest BCUT2D eigenvalue weighted by Crippen LogP contribution is 2.20. The number of aryl methyl sites for hydroxylation is 1. The number of nitrogens with zero attached hydrogens (tertiary/aromatic N) is 1. The molecule has 2 atom stereocenters. The Kier molecular flexibility index (Phi) is 5.15. The number of carbonyl (C=O) groups excluding carboxylic acids is 1. The average Bonchev–Trinajstić information content (AvgIpc) is 2.55. The topological polar surface area (TPSA) is 78.9 Å². The van der Waals surface area contributed by atoms with Gasteiger partial charge in [-0.3, -0.25) is 10.1 Å². The van der Waals surface area contributed by atoms with Crippen LogP contribution >= 0.6 is 0 Å². The van der Waals surface area contributed by atoms with Crippen LogP contribution in [0, 0.1) is 18.3 Å². The van der Waals surface area contributed by atoms with E-state index in [4.69, 9.17) is 5.73 Å². The second kappa shape index (κ2) is 7.08. The maximum atomic E-state index is 11.8. The summed E-state index contributed by atoms with van der Waals surface area (Å²) in [6, 6.07) is 18.8. The number of nitriles is 1. The van der Waals surface area contributed by atoms with Crippen molar-refractivity contribution in [3.05, 3.63) is 71.3 Å². The number of primary amides is 1. The maximum Gasteiger partial charge on any atom is 0.239 e. The summed E-state index contributed by atoms with van der Waals surface area (Å²) < 4.78 is 0. The summed E-state index contributed by atoms with van der Waals surface area (Å²) in [6.07, 6.45) is 0.487. The van der Waals surface area contributed by atoms with Gasteiger partial charge in [0.25, 0.3) is 0 Å². The highest BCUT2D eigenvalue weighted by atomic mass is 16.1. The summed E-state index contributed by atoms with van der Waals surface area (Å²) in [5.74, 6) is -0.499. The van der Waals surface area contributed by atoms with Gasteiger partial charge in [0.05, 0.1) is 6.07 Å². The molecule has 2 rings (SSSR count). The van der Waals surface area contributed by atoms with Gasteiger partial charge in [0.1, 0.15) is 11.6 Å². The SMILES string of the molecule is Cc1ccc(C[C@@](C)(C#N)N[C@@H](C(N)=O)c2ccccc2)cc1. The zero-order valence-corrected chi connectivity index (χ0v) is 13.4. The minimum Gasteiger partial charge on any atom is -0.368 e. The highest BCUT2D eigenvalue weighted by Gasteiger charge is 2.30. The van der Waals surface area contributed by atoms with Crippen LogP contribution in [0.5, 0.6) is 0 Å². The van der Waals surface area contributed by atoms with Crippen LogP contribution in [0.2, 0.25) is 0 Å². The smallest absolute Gasteiger partial charge is 0.239 e. The van der Waals surface area contributed by atoms with E-state index in [0.717, 1.165) is 11.1 Å². The first-order chi connectivity index (χ1) is 10.9. The number of carbonyl (C=O) groups is 1. The Morgan fingerprint density at radius 1 is 1.22 bits per heavy atom. The fourth-order valence-corrected chi connectivity index (χ4v) is 2.52. The van der Waals surface area contributed by atoms with Gasteiger partial charge in [0, 0.05) is 6.42 Å². The van der Waals surface area contributed by atoms with Crippen LogP contribution < -0.4 is 11.1 Å². The minimum absolute atomic E-state index is 0.487. The molecule has 0 saturated heterocycles. The highest BCUT2D eigenvalue weighted by molar-refractivity contribution is 5.81. The Morgan fingerprint density at radius 2 is 1.83 bits per heavy atom. The lowest BCUT2D eigenvalue weighted by Crippen LogP contribution is -2.48. The van der Waals surface area contributed by atoms with Crippen molar-refractivity contribution in [3.63, 3.8) is 0 Å². The molecule has 1 amide bonds. The van der Waals surface area contributed by atoms with Crippen LogP contribution in [-0.2, 0) is 11.2 Å². The van der Waals surface area contributed by atoms with E-state index in [2.05, 4.69) is 11.4 Å². The zero-order valence-electron chi connectivity index (χ0n) is 13.4. The number of rotatable bonds is 6. The van der Waals surface area contributed by atoms with E-state index in [1.54, 1.807) is 6.92 Å². The average molecular weight is 307 g/mol. The van der Waals surface area contributed by atoms with E-state index < -0.39 is 17.5 Å². The van der Waals surface area contributed by atoms with Gasteiger partial charge in [-0.15, -0.1) is 0 Å². The lowest BCUT2D eigenvalue weighted by molar-refractivity contribution is -0.120. The molecule has 0 aliphatic carbocycles. The molecule has 4 heteroatoms. The molecule has 0 saturated carbocycles. The standard InChI is InChI=1S/C19H21N3O/c1-14-8-10-15(11-9-14)12-19(2,13-20)22-17(18(21)23)16-6-4-3-5-7-16/h3-11,17,22H,12H2,1-2H3,(H2,21,23)/t17-,19+/m1/s1. The van der Waals surface area contributed by atoms with E-state index in [-0.39, 0.29) is 0 Å². The van der Waals surface area contributed by atoms with Crippen LogP contribution in [0.25, 0.3) is 0 Å². The molecule has 0 aliphatic heterocycles. The Morgan fingerprint density at radius 3 is 2.35 bits per heavy atom. The zero-order chi connectivity index (χ0) is 16.9. The van der Waals surface area contributed by atoms with Crippen LogP contribution in [0.15, 0.2) is 54.6 Å². The van der Waals surface area contributed by atoms with Crippen LogP contribution in [-0.4, -0.2) is 11.4 Å². The first-order valence-electron chi connectivity index (χ1n) is 7.52. The quantitative estimate of drug-likeness (QED) is 0.861. The Labute approximate surface area is 136 Å². The summed E-state index contributed by atoms with van der Waals surface area (Å²) in [4.78, 5) is 11.8. The van der Waals surface area contributed by atoms with Crippen LogP contribution in [0.3, 0.4) is 0 Å². The van der Waals surface area contributed by atoms with Gasteiger partial charge in [-0.2, -0.15) is 5.26 Å². The fraction of sp³-hybridized carbons (Fsp3) is 0.263. The Bertz CT molecular complexity index is 704. The third-order valence-electron chi connectivity index (χ3n) is 3.81. The number of amides is 1. The molecule has 2 aromatic rings. The van der Waals surface area contributed by atoms with Gasteiger partial charge in [-0.1, -0.05) is 60.2 Å². The third kappa shape index (κ3) is 4.41. The van der Waals surface area contributed by atoms with Crippen molar-refractivity contribution in [3.8, 4) is 6.07 Å². The molecule has 2 aromatic carbocycles. The van der Waals surface area contributed by atoms with Gasteiger partial charge in [-0.25, -0.2) is 0 Å². The molecular formula is C19H21N3O. The summed E-state index contributed by atoms with van der Waals surface area (Å²) in [5, 5.41) is 12.7. The number of nitrogens with one attached hydrogen (secondary N) is 1. The maximum absolute atomic E-state index is 11.8. The second-order valence-electron chi connectivity index (χ2n) is 6.00. The first-order valence-corrected chi connectivity index (χ1v) is 7.52. The van der Waals surface area contributed by atoms with E-state index in [9.17, 15) is 10.1 Å². The minimum atomic E-state index is -0.898. The predicted octanol–water partition coefficient (Wildman–Crippen LogP) is 2.64. The van der Waals surface area contributed by atoms with E-state index in [1.807, 2.05) is 61.5 Å². The van der Waals surface area contributed by atoms with Crippen molar-refractivity contribution in [2.45, 2.75) is 31.8 Å². The predicted molar refractivity (Wildman–Crippen MR) is 90.4 cm³/mol. The molecular weight excluding hydrogens is 286 g/mol. The summed E-state index contributed by atoms with van der Waals surface area (Å²) in [5.41, 5.74) is 7.59. The van der Waals surface area contributed by atoms with Crippen LogP contribution in [0.4, 0.5) is 0 Å². The molecule has 3 N–H and O–H groups in total. The van der Waals surface area contributed by atoms with Crippen molar-refractivity contribution in [1.82, 2.24) is 5.32 Å². The lowest BCUT2D eigenvalue weighted by Gasteiger charge is -2.28. The largest absolute Gasteiger partial charge is 0.368 e.